The van der Waals surface area contributed by atoms with Crippen LogP contribution >= 0.6 is 22.6 Å². The summed E-state index contributed by atoms with van der Waals surface area (Å²) in [6.45, 7) is 1.60. The Morgan fingerprint density at radius 1 is 1.62 bits per heavy atom. The van der Waals surface area contributed by atoms with Crippen LogP contribution in [0, 0.1) is 5.92 Å². The standard InChI is InChI=1S/C7H12INO4/c1-4(6(9)7(11)12)2-5(10)13-3-8/h4,6H,2-3,9H2,1H3,(H,11,12)/t4?,6-/m0/s1. The van der Waals surface area contributed by atoms with Crippen molar-refractivity contribution < 1.29 is 19.4 Å². The van der Waals surface area contributed by atoms with E-state index in [2.05, 4.69) is 4.74 Å². The number of esters is 1. The quantitative estimate of drug-likeness (QED) is 0.435. The van der Waals surface area contributed by atoms with E-state index in [9.17, 15) is 9.59 Å². The third kappa shape index (κ3) is 5.04. The molecule has 1 unspecified atom stereocenters. The Bertz CT molecular complexity index is 197. The average Bonchev–Trinajstić information content (AvgIpc) is 2.03. The van der Waals surface area contributed by atoms with Gasteiger partial charge in [0.25, 0.3) is 0 Å². The minimum Gasteiger partial charge on any atom is -0.480 e. The fourth-order valence-electron chi connectivity index (χ4n) is 0.753. The molecule has 0 amide bonds. The highest BCUT2D eigenvalue weighted by Crippen LogP contribution is 2.08. The highest BCUT2D eigenvalue weighted by Gasteiger charge is 2.22. The van der Waals surface area contributed by atoms with Crippen LogP contribution in [0.3, 0.4) is 0 Å². The summed E-state index contributed by atoms with van der Waals surface area (Å²) in [4.78, 5) is 21.3. The summed E-state index contributed by atoms with van der Waals surface area (Å²) in [6, 6.07) is -1.01. The molecular weight excluding hydrogens is 289 g/mol. The fourth-order valence-corrected chi connectivity index (χ4v) is 1.10. The second-order valence-corrected chi connectivity index (χ2v) is 3.29. The zero-order chi connectivity index (χ0) is 10.4. The Kier molecular flexibility index (Phi) is 5.97. The molecule has 0 heterocycles. The average molecular weight is 301 g/mol. The summed E-state index contributed by atoms with van der Waals surface area (Å²) in [5.74, 6) is -1.93. The minimum atomic E-state index is -1.10. The van der Waals surface area contributed by atoms with Crippen molar-refractivity contribution in [2.75, 3.05) is 4.61 Å². The second kappa shape index (κ2) is 6.14. The summed E-state index contributed by atoms with van der Waals surface area (Å²) in [7, 11) is 0. The normalized spacial score (nSPS) is 14.7. The molecule has 0 fully saturated rings. The molecule has 0 aliphatic carbocycles. The second-order valence-electron chi connectivity index (χ2n) is 2.67. The van der Waals surface area contributed by atoms with E-state index in [1.54, 1.807) is 6.92 Å². The van der Waals surface area contributed by atoms with Crippen LogP contribution in [0.2, 0.25) is 0 Å². The van der Waals surface area contributed by atoms with Crippen LogP contribution in [0.4, 0.5) is 0 Å². The van der Waals surface area contributed by atoms with Crippen molar-refractivity contribution in [2.45, 2.75) is 19.4 Å². The molecule has 0 aromatic carbocycles. The van der Waals surface area contributed by atoms with Gasteiger partial charge in [-0.25, -0.2) is 0 Å². The summed E-state index contributed by atoms with van der Waals surface area (Å²) in [5, 5.41) is 8.52. The summed E-state index contributed by atoms with van der Waals surface area (Å²) in [6.07, 6.45) is 0.0382. The number of hydrogen-bond acceptors (Lipinski definition) is 4. The van der Waals surface area contributed by atoms with Crippen molar-refractivity contribution >= 4 is 34.5 Å². The monoisotopic (exact) mass is 301 g/mol. The van der Waals surface area contributed by atoms with Gasteiger partial charge in [-0.05, 0) is 28.5 Å². The Balaban J connectivity index is 3.92. The van der Waals surface area contributed by atoms with Crippen molar-refractivity contribution in [1.82, 2.24) is 0 Å². The maximum Gasteiger partial charge on any atom is 0.320 e. The van der Waals surface area contributed by atoms with E-state index in [0.717, 1.165) is 0 Å². The number of nitrogens with two attached hydrogens (primary N) is 1. The Morgan fingerprint density at radius 3 is 2.54 bits per heavy atom. The maximum atomic E-state index is 10.9. The number of halogens is 1. The molecule has 6 heteroatoms. The van der Waals surface area contributed by atoms with Gasteiger partial charge < -0.3 is 15.6 Å². The lowest BCUT2D eigenvalue weighted by molar-refractivity contribution is -0.143. The van der Waals surface area contributed by atoms with E-state index >= 15 is 0 Å². The third-order valence-electron chi connectivity index (χ3n) is 1.60. The van der Waals surface area contributed by atoms with E-state index in [1.807, 2.05) is 22.6 Å². The molecule has 13 heavy (non-hydrogen) atoms. The van der Waals surface area contributed by atoms with Crippen LogP contribution in [-0.2, 0) is 14.3 Å². The molecule has 0 saturated carbocycles. The molecule has 5 nitrogen and oxygen atoms in total. The Labute approximate surface area is 89.8 Å². The summed E-state index contributed by atoms with van der Waals surface area (Å²) in [5.41, 5.74) is 5.30. The zero-order valence-electron chi connectivity index (χ0n) is 7.20. The van der Waals surface area contributed by atoms with Crippen LogP contribution in [0.5, 0.6) is 0 Å². The Hall–Kier alpha value is -0.370. The van der Waals surface area contributed by atoms with E-state index in [1.165, 1.54) is 0 Å². The number of carboxylic acid groups (broad SMARTS) is 1. The number of alkyl halides is 1. The number of ether oxygens (including phenoxy) is 1. The molecule has 2 atom stereocenters. The minimum absolute atomic E-state index is 0.0382. The van der Waals surface area contributed by atoms with Crippen molar-refractivity contribution in [3.05, 3.63) is 0 Å². The van der Waals surface area contributed by atoms with Gasteiger partial charge in [-0.2, -0.15) is 0 Å². The topological polar surface area (TPSA) is 89.6 Å². The van der Waals surface area contributed by atoms with Gasteiger partial charge in [-0.15, -0.1) is 0 Å². The van der Waals surface area contributed by atoms with Gasteiger partial charge >= 0.3 is 11.9 Å². The number of carbonyl (C=O) groups is 2. The lowest BCUT2D eigenvalue weighted by Crippen LogP contribution is -2.37. The van der Waals surface area contributed by atoms with E-state index in [4.69, 9.17) is 10.8 Å². The first kappa shape index (κ1) is 12.6. The third-order valence-corrected chi connectivity index (χ3v) is 1.91. The molecule has 0 bridgehead atoms. The first-order valence-electron chi connectivity index (χ1n) is 3.69. The zero-order valence-corrected chi connectivity index (χ0v) is 9.35. The van der Waals surface area contributed by atoms with Crippen molar-refractivity contribution in [2.24, 2.45) is 11.7 Å². The molecule has 0 aliphatic rings. The van der Waals surface area contributed by atoms with Gasteiger partial charge in [-0.1, -0.05) is 6.92 Å². The van der Waals surface area contributed by atoms with E-state index < -0.39 is 23.9 Å². The molecule has 0 spiro atoms. The van der Waals surface area contributed by atoms with E-state index in [0.29, 0.717) is 0 Å². The highest BCUT2D eigenvalue weighted by molar-refractivity contribution is 14.1. The van der Waals surface area contributed by atoms with Crippen LogP contribution < -0.4 is 5.73 Å². The predicted octanol–water partition coefficient (Wildman–Crippen LogP) is 0.360. The lowest BCUT2D eigenvalue weighted by Gasteiger charge is -2.14. The van der Waals surface area contributed by atoms with Gasteiger partial charge in [0.05, 0.1) is 6.42 Å². The SMILES string of the molecule is CC(CC(=O)OCI)[C@H](N)C(=O)O. The summed E-state index contributed by atoms with van der Waals surface area (Å²) >= 11 is 1.89. The van der Waals surface area contributed by atoms with Gasteiger partial charge in [-0.3, -0.25) is 9.59 Å². The van der Waals surface area contributed by atoms with Gasteiger partial charge in [0.15, 0.2) is 0 Å². The Morgan fingerprint density at radius 2 is 2.15 bits per heavy atom. The number of rotatable bonds is 5. The molecular formula is C7H12INO4. The number of hydrogen-bond donors (Lipinski definition) is 2. The molecule has 0 saturated heterocycles. The van der Waals surface area contributed by atoms with Gasteiger partial charge in [0, 0.05) is 0 Å². The van der Waals surface area contributed by atoms with Crippen LogP contribution in [0.25, 0.3) is 0 Å². The van der Waals surface area contributed by atoms with Crippen molar-refractivity contribution in [3.63, 3.8) is 0 Å². The lowest BCUT2D eigenvalue weighted by atomic mass is 9.99. The van der Waals surface area contributed by atoms with E-state index in [-0.39, 0.29) is 11.0 Å². The van der Waals surface area contributed by atoms with Crippen LogP contribution in [0.15, 0.2) is 0 Å². The van der Waals surface area contributed by atoms with Crippen LogP contribution in [-0.4, -0.2) is 27.7 Å². The van der Waals surface area contributed by atoms with Gasteiger partial charge in [0.2, 0.25) is 0 Å². The molecule has 3 N–H and O–H groups in total. The molecule has 0 rings (SSSR count). The van der Waals surface area contributed by atoms with Crippen LogP contribution in [0.1, 0.15) is 13.3 Å². The molecule has 0 aromatic heterocycles. The van der Waals surface area contributed by atoms with Crippen molar-refractivity contribution in [1.29, 1.82) is 0 Å². The molecule has 0 radical (unpaired) electrons. The molecule has 0 aliphatic heterocycles. The van der Waals surface area contributed by atoms with Crippen molar-refractivity contribution in [3.8, 4) is 0 Å². The maximum absolute atomic E-state index is 10.9. The number of carboxylic acids is 1. The highest BCUT2D eigenvalue weighted by atomic mass is 127. The molecule has 76 valence electrons. The summed E-state index contributed by atoms with van der Waals surface area (Å²) < 4.78 is 4.91. The first-order chi connectivity index (χ1) is 5.99. The first-order valence-corrected chi connectivity index (χ1v) is 5.21. The molecule has 0 aromatic rings. The number of aliphatic carboxylic acids is 1. The predicted molar refractivity (Wildman–Crippen MR) is 54.4 cm³/mol. The number of carbonyl (C=O) groups excluding carboxylic acids is 1. The largest absolute Gasteiger partial charge is 0.480 e. The smallest absolute Gasteiger partial charge is 0.320 e. The fraction of sp³-hybridized carbons (Fsp3) is 0.714. The van der Waals surface area contributed by atoms with Gasteiger partial charge in [0.1, 0.15) is 10.7 Å².